The lowest BCUT2D eigenvalue weighted by Gasteiger charge is -2.40. The van der Waals surface area contributed by atoms with Crippen LogP contribution in [0.3, 0.4) is 0 Å². The van der Waals surface area contributed by atoms with E-state index in [-0.39, 0.29) is 12.8 Å². The van der Waals surface area contributed by atoms with Gasteiger partial charge in [0.2, 0.25) is 5.91 Å². The van der Waals surface area contributed by atoms with Crippen LogP contribution < -0.4 is 5.32 Å². The normalized spacial score (nSPS) is 21.5. The van der Waals surface area contributed by atoms with Gasteiger partial charge in [-0.2, -0.15) is 0 Å². The summed E-state index contributed by atoms with van der Waals surface area (Å²) in [5, 5.41) is 75.8. The summed E-state index contributed by atoms with van der Waals surface area (Å²) >= 11 is 0. The molecule has 9 atom stereocenters. The van der Waals surface area contributed by atoms with Crippen molar-refractivity contribution in [2.45, 2.75) is 287 Å². The van der Waals surface area contributed by atoms with Gasteiger partial charge >= 0.3 is 0 Å². The highest BCUT2D eigenvalue weighted by molar-refractivity contribution is 5.80. The third-order valence-electron chi connectivity index (χ3n) is 12.6. The molecule has 11 heteroatoms. The second-order valence-electron chi connectivity index (χ2n) is 18.2. The molecule has 0 spiro atoms. The fraction of sp³-hybridized carbons (Fsp3) is 0.940. The van der Waals surface area contributed by atoms with Crippen LogP contribution in [0.2, 0.25) is 0 Å². The molecule has 9 unspecified atom stereocenters. The molecular formula is C50H97NO10. The quantitative estimate of drug-likeness (QED) is 0.0217. The molecule has 362 valence electrons. The summed E-state index contributed by atoms with van der Waals surface area (Å²) in [5.41, 5.74) is 0. The maximum Gasteiger partial charge on any atom is 0.249 e. The van der Waals surface area contributed by atoms with E-state index < -0.39 is 74.2 Å². The zero-order valence-electron chi connectivity index (χ0n) is 39.2. The lowest BCUT2D eigenvalue weighted by atomic mass is 9.98. The van der Waals surface area contributed by atoms with Gasteiger partial charge in [0, 0.05) is 0 Å². The number of amides is 1. The molecule has 1 amide bonds. The summed E-state index contributed by atoms with van der Waals surface area (Å²) in [6.45, 7) is 3.44. The van der Waals surface area contributed by atoms with E-state index in [0.717, 1.165) is 38.5 Å². The maximum atomic E-state index is 13.1. The standard InChI is InChI=1S/C50H97NO10/c1-3-5-7-9-11-13-15-17-19-20-21-22-23-24-26-28-30-32-34-36-38-43(54)49(59)51-41(40-60-50-48(58)47(57)46(56)44(39-52)61-50)45(55)42(53)37-35-33-31-29-27-25-18-16-14-12-10-8-6-4-2/h29,31,41-48,50,52-58H,3-28,30,32-40H2,1-2H3,(H,51,59)/b31-29+. The van der Waals surface area contributed by atoms with Crippen LogP contribution in [0.5, 0.6) is 0 Å². The Balaban J connectivity index is 2.38. The van der Waals surface area contributed by atoms with Gasteiger partial charge in [0.15, 0.2) is 6.29 Å². The molecule has 0 aromatic rings. The zero-order valence-corrected chi connectivity index (χ0v) is 39.2. The highest BCUT2D eigenvalue weighted by Crippen LogP contribution is 2.23. The minimum Gasteiger partial charge on any atom is -0.394 e. The highest BCUT2D eigenvalue weighted by Gasteiger charge is 2.44. The van der Waals surface area contributed by atoms with Gasteiger partial charge in [0.1, 0.15) is 36.6 Å². The summed E-state index contributed by atoms with van der Waals surface area (Å²) in [7, 11) is 0. The first-order valence-corrected chi connectivity index (χ1v) is 25.6. The van der Waals surface area contributed by atoms with Crippen LogP contribution in [0, 0.1) is 0 Å². The Bertz CT molecular complexity index is 1000. The number of hydrogen-bond acceptors (Lipinski definition) is 10. The number of unbranched alkanes of at least 4 members (excludes halogenated alkanes) is 29. The van der Waals surface area contributed by atoms with E-state index in [4.69, 9.17) is 9.47 Å². The van der Waals surface area contributed by atoms with Crippen LogP contribution in [-0.4, -0.2) is 110 Å². The number of nitrogens with one attached hydrogen (secondary N) is 1. The van der Waals surface area contributed by atoms with Crippen molar-refractivity contribution in [3.05, 3.63) is 12.2 Å². The topological polar surface area (TPSA) is 189 Å². The molecule has 11 nitrogen and oxygen atoms in total. The van der Waals surface area contributed by atoms with Crippen molar-refractivity contribution in [2.75, 3.05) is 13.2 Å². The molecule has 0 bridgehead atoms. The average molecular weight is 872 g/mol. The summed E-state index contributed by atoms with van der Waals surface area (Å²) in [6, 6.07) is -1.18. The second kappa shape index (κ2) is 40.4. The Morgan fingerprint density at radius 3 is 1.41 bits per heavy atom. The predicted octanol–water partition coefficient (Wildman–Crippen LogP) is 9.23. The summed E-state index contributed by atoms with van der Waals surface area (Å²) in [6.07, 6.45) is 32.6. The molecule has 8 N–H and O–H groups in total. The molecule has 0 saturated carbocycles. The number of carbonyl (C=O) groups excluding carboxylic acids is 1. The van der Waals surface area contributed by atoms with Crippen molar-refractivity contribution in [1.29, 1.82) is 0 Å². The van der Waals surface area contributed by atoms with E-state index in [9.17, 15) is 40.5 Å². The predicted molar refractivity (Wildman–Crippen MR) is 247 cm³/mol. The Labute approximate surface area is 372 Å². The first-order chi connectivity index (χ1) is 29.7. The molecule has 0 radical (unpaired) electrons. The van der Waals surface area contributed by atoms with Crippen molar-refractivity contribution >= 4 is 5.91 Å². The number of hydrogen-bond donors (Lipinski definition) is 8. The van der Waals surface area contributed by atoms with Crippen molar-refractivity contribution in [2.24, 2.45) is 0 Å². The number of rotatable bonds is 43. The Kier molecular flexibility index (Phi) is 38.3. The van der Waals surface area contributed by atoms with Crippen LogP contribution in [0.15, 0.2) is 12.2 Å². The number of aliphatic hydroxyl groups excluding tert-OH is 7. The maximum absolute atomic E-state index is 13.1. The van der Waals surface area contributed by atoms with E-state index in [2.05, 4.69) is 31.3 Å². The van der Waals surface area contributed by atoms with E-state index in [1.54, 1.807) is 0 Å². The van der Waals surface area contributed by atoms with E-state index in [1.165, 1.54) is 154 Å². The van der Waals surface area contributed by atoms with E-state index >= 15 is 0 Å². The number of carbonyl (C=O) groups is 1. The average Bonchev–Trinajstić information content (AvgIpc) is 3.26. The fourth-order valence-corrected chi connectivity index (χ4v) is 8.32. The Morgan fingerprint density at radius 2 is 0.967 bits per heavy atom. The summed E-state index contributed by atoms with van der Waals surface area (Å²) < 4.78 is 11.1. The van der Waals surface area contributed by atoms with Crippen LogP contribution in [0.1, 0.15) is 232 Å². The molecule has 1 rings (SSSR count). The van der Waals surface area contributed by atoms with Gasteiger partial charge in [-0.25, -0.2) is 0 Å². The van der Waals surface area contributed by atoms with Gasteiger partial charge in [-0.15, -0.1) is 0 Å². The third-order valence-corrected chi connectivity index (χ3v) is 12.6. The second-order valence-corrected chi connectivity index (χ2v) is 18.2. The number of ether oxygens (including phenoxy) is 2. The minimum absolute atomic E-state index is 0.259. The van der Waals surface area contributed by atoms with Crippen molar-refractivity contribution in [3.8, 4) is 0 Å². The van der Waals surface area contributed by atoms with Crippen LogP contribution >= 0.6 is 0 Å². The van der Waals surface area contributed by atoms with Gasteiger partial charge in [-0.05, 0) is 38.5 Å². The Hall–Kier alpha value is -1.15. The van der Waals surface area contributed by atoms with Gasteiger partial charge in [0.25, 0.3) is 0 Å². The lowest BCUT2D eigenvalue weighted by molar-refractivity contribution is -0.303. The molecule has 0 aliphatic carbocycles. The highest BCUT2D eigenvalue weighted by atomic mass is 16.7. The smallest absolute Gasteiger partial charge is 0.249 e. The summed E-state index contributed by atoms with van der Waals surface area (Å²) in [5.74, 6) is -0.703. The first kappa shape index (κ1) is 57.9. The van der Waals surface area contributed by atoms with Crippen molar-refractivity contribution in [1.82, 2.24) is 5.32 Å². The van der Waals surface area contributed by atoms with Gasteiger partial charge in [-0.1, -0.05) is 206 Å². The fourth-order valence-electron chi connectivity index (χ4n) is 8.32. The van der Waals surface area contributed by atoms with E-state index in [1.807, 2.05) is 0 Å². The Morgan fingerprint density at radius 1 is 0.557 bits per heavy atom. The van der Waals surface area contributed by atoms with Crippen molar-refractivity contribution in [3.63, 3.8) is 0 Å². The lowest BCUT2D eigenvalue weighted by Crippen LogP contribution is -2.60. The van der Waals surface area contributed by atoms with Crippen LogP contribution in [0.4, 0.5) is 0 Å². The number of aliphatic hydroxyl groups is 7. The molecule has 1 heterocycles. The molecule has 1 aliphatic rings. The number of allylic oxidation sites excluding steroid dienone is 2. The third kappa shape index (κ3) is 29.8. The monoisotopic (exact) mass is 872 g/mol. The molecule has 1 fully saturated rings. The zero-order chi connectivity index (χ0) is 44.8. The minimum atomic E-state index is -1.66. The van der Waals surface area contributed by atoms with Gasteiger partial charge < -0.3 is 50.5 Å². The van der Waals surface area contributed by atoms with Gasteiger partial charge in [0.05, 0.1) is 25.4 Å². The molecule has 1 aliphatic heterocycles. The first-order valence-electron chi connectivity index (χ1n) is 25.6. The van der Waals surface area contributed by atoms with Crippen LogP contribution in [0.25, 0.3) is 0 Å². The molecular weight excluding hydrogens is 775 g/mol. The summed E-state index contributed by atoms with van der Waals surface area (Å²) in [4.78, 5) is 13.1. The molecule has 61 heavy (non-hydrogen) atoms. The van der Waals surface area contributed by atoms with E-state index in [0.29, 0.717) is 12.8 Å². The van der Waals surface area contributed by atoms with Crippen LogP contribution in [-0.2, 0) is 14.3 Å². The largest absolute Gasteiger partial charge is 0.394 e. The van der Waals surface area contributed by atoms with Gasteiger partial charge in [-0.3, -0.25) is 4.79 Å². The molecule has 1 saturated heterocycles. The van der Waals surface area contributed by atoms with Crippen molar-refractivity contribution < 1.29 is 50.0 Å². The molecule has 0 aromatic carbocycles. The molecule has 0 aromatic heterocycles. The SMILES string of the molecule is CCCCCCCCCCC/C=C/CCCC(O)C(O)C(COC1OC(CO)C(O)C(O)C1O)NC(=O)C(O)CCCCCCCCCCCCCCCCCCCCCC.